The van der Waals surface area contributed by atoms with Crippen LogP contribution in [0.1, 0.15) is 35.3 Å². The SMILES string of the molecule is Cc1ccc(CNC(=S)NC(=O)c2ccccc2OC(C)C)cc1. The zero-order valence-corrected chi connectivity index (χ0v) is 14.9. The fourth-order valence-corrected chi connectivity index (χ4v) is 2.28. The van der Waals surface area contributed by atoms with Crippen molar-refractivity contribution in [3.8, 4) is 5.75 Å². The van der Waals surface area contributed by atoms with Gasteiger partial charge in [-0.05, 0) is 50.7 Å². The van der Waals surface area contributed by atoms with Crippen molar-refractivity contribution in [1.82, 2.24) is 10.6 Å². The van der Waals surface area contributed by atoms with Gasteiger partial charge in [0.1, 0.15) is 5.75 Å². The molecule has 24 heavy (non-hydrogen) atoms. The Labute approximate surface area is 148 Å². The highest BCUT2D eigenvalue weighted by Gasteiger charge is 2.14. The van der Waals surface area contributed by atoms with Gasteiger partial charge in [0.2, 0.25) is 0 Å². The summed E-state index contributed by atoms with van der Waals surface area (Å²) in [6, 6.07) is 15.3. The predicted molar refractivity (Wildman–Crippen MR) is 100 cm³/mol. The number of hydrogen-bond acceptors (Lipinski definition) is 3. The molecule has 2 aromatic rings. The first kappa shape index (κ1) is 17.9. The summed E-state index contributed by atoms with van der Waals surface area (Å²) in [5.41, 5.74) is 2.77. The van der Waals surface area contributed by atoms with Gasteiger partial charge in [-0.2, -0.15) is 0 Å². The first-order valence-corrected chi connectivity index (χ1v) is 8.27. The fraction of sp³-hybridized carbons (Fsp3) is 0.263. The number of ether oxygens (including phenoxy) is 1. The Morgan fingerprint density at radius 3 is 2.46 bits per heavy atom. The minimum atomic E-state index is -0.285. The van der Waals surface area contributed by atoms with E-state index in [2.05, 4.69) is 10.6 Å². The van der Waals surface area contributed by atoms with Crippen LogP contribution in [-0.2, 0) is 6.54 Å². The van der Waals surface area contributed by atoms with E-state index >= 15 is 0 Å². The van der Waals surface area contributed by atoms with Crippen molar-refractivity contribution in [3.05, 3.63) is 65.2 Å². The molecule has 2 aromatic carbocycles. The molecule has 2 rings (SSSR count). The van der Waals surface area contributed by atoms with E-state index < -0.39 is 0 Å². The van der Waals surface area contributed by atoms with Crippen LogP contribution in [-0.4, -0.2) is 17.1 Å². The van der Waals surface area contributed by atoms with Crippen LogP contribution in [0.15, 0.2) is 48.5 Å². The third-order valence-corrected chi connectivity index (χ3v) is 3.54. The molecule has 0 aromatic heterocycles. The minimum absolute atomic E-state index is 0.00874. The van der Waals surface area contributed by atoms with E-state index in [1.165, 1.54) is 5.56 Å². The van der Waals surface area contributed by atoms with Crippen molar-refractivity contribution in [2.24, 2.45) is 0 Å². The van der Waals surface area contributed by atoms with Gasteiger partial charge < -0.3 is 10.1 Å². The molecule has 0 spiro atoms. The molecule has 0 heterocycles. The molecule has 2 N–H and O–H groups in total. The van der Waals surface area contributed by atoms with Crippen molar-refractivity contribution in [3.63, 3.8) is 0 Å². The highest BCUT2D eigenvalue weighted by Crippen LogP contribution is 2.19. The first-order chi connectivity index (χ1) is 11.5. The average molecular weight is 342 g/mol. The molecule has 0 aliphatic heterocycles. The molecule has 0 atom stereocenters. The van der Waals surface area contributed by atoms with Crippen molar-refractivity contribution in [2.45, 2.75) is 33.4 Å². The lowest BCUT2D eigenvalue weighted by atomic mass is 10.1. The second-order valence-electron chi connectivity index (χ2n) is 5.79. The summed E-state index contributed by atoms with van der Waals surface area (Å²) < 4.78 is 5.66. The molecule has 0 radical (unpaired) electrons. The second kappa shape index (κ2) is 8.45. The molecular formula is C19H22N2O2S. The van der Waals surface area contributed by atoms with Gasteiger partial charge >= 0.3 is 0 Å². The van der Waals surface area contributed by atoms with Gasteiger partial charge in [-0.15, -0.1) is 0 Å². The van der Waals surface area contributed by atoms with Crippen molar-refractivity contribution < 1.29 is 9.53 Å². The monoisotopic (exact) mass is 342 g/mol. The number of para-hydroxylation sites is 1. The molecule has 0 fully saturated rings. The van der Waals surface area contributed by atoms with Crippen LogP contribution < -0.4 is 15.4 Å². The maximum Gasteiger partial charge on any atom is 0.261 e. The molecule has 0 saturated heterocycles. The Morgan fingerprint density at radius 2 is 1.79 bits per heavy atom. The quantitative estimate of drug-likeness (QED) is 0.816. The topological polar surface area (TPSA) is 50.4 Å². The molecular weight excluding hydrogens is 320 g/mol. The van der Waals surface area contributed by atoms with Gasteiger partial charge in [-0.3, -0.25) is 10.1 Å². The van der Waals surface area contributed by atoms with E-state index in [0.717, 1.165) is 5.56 Å². The molecule has 0 aliphatic rings. The number of carbonyl (C=O) groups excluding carboxylic acids is 1. The molecule has 0 aliphatic carbocycles. The summed E-state index contributed by atoms with van der Waals surface area (Å²) in [5, 5.41) is 6.02. The van der Waals surface area contributed by atoms with Gasteiger partial charge in [0.25, 0.3) is 5.91 Å². The lowest BCUT2D eigenvalue weighted by Gasteiger charge is -2.15. The number of aryl methyl sites for hydroxylation is 1. The Kier molecular flexibility index (Phi) is 6.32. The lowest BCUT2D eigenvalue weighted by molar-refractivity contribution is 0.0971. The third kappa shape index (κ3) is 5.35. The standard InChI is InChI=1S/C19H22N2O2S/c1-13(2)23-17-7-5-4-6-16(17)18(22)21-19(24)20-12-15-10-8-14(3)9-11-15/h4-11,13H,12H2,1-3H3,(H2,20,21,22,24). The molecule has 0 saturated carbocycles. The van der Waals surface area contributed by atoms with Crippen molar-refractivity contribution in [1.29, 1.82) is 0 Å². The maximum absolute atomic E-state index is 12.4. The van der Waals surface area contributed by atoms with Crippen LogP contribution in [0, 0.1) is 6.92 Å². The van der Waals surface area contributed by atoms with Gasteiger partial charge in [0, 0.05) is 6.54 Å². The Morgan fingerprint density at radius 1 is 1.12 bits per heavy atom. The number of nitrogens with one attached hydrogen (secondary N) is 2. The molecule has 0 bridgehead atoms. The Hall–Kier alpha value is -2.40. The summed E-state index contributed by atoms with van der Waals surface area (Å²) in [7, 11) is 0. The number of benzene rings is 2. The lowest BCUT2D eigenvalue weighted by Crippen LogP contribution is -2.39. The van der Waals surface area contributed by atoms with Gasteiger partial charge in [0.05, 0.1) is 11.7 Å². The normalized spacial score (nSPS) is 10.3. The number of carbonyl (C=O) groups is 1. The zero-order valence-electron chi connectivity index (χ0n) is 14.1. The van der Waals surface area contributed by atoms with E-state index in [4.69, 9.17) is 17.0 Å². The number of thiocarbonyl (C=S) groups is 1. The third-order valence-electron chi connectivity index (χ3n) is 3.30. The first-order valence-electron chi connectivity index (χ1n) is 7.86. The molecule has 126 valence electrons. The van der Waals surface area contributed by atoms with E-state index in [9.17, 15) is 4.79 Å². The van der Waals surface area contributed by atoms with E-state index in [0.29, 0.717) is 23.0 Å². The smallest absolute Gasteiger partial charge is 0.261 e. The minimum Gasteiger partial charge on any atom is -0.490 e. The van der Waals surface area contributed by atoms with Crippen LogP contribution in [0.2, 0.25) is 0 Å². The molecule has 5 heteroatoms. The average Bonchev–Trinajstić information content (AvgIpc) is 2.54. The number of hydrogen-bond donors (Lipinski definition) is 2. The van der Waals surface area contributed by atoms with Crippen LogP contribution in [0.3, 0.4) is 0 Å². The fourth-order valence-electron chi connectivity index (χ4n) is 2.11. The van der Waals surface area contributed by atoms with Crippen LogP contribution in [0.5, 0.6) is 5.75 Å². The Balaban J connectivity index is 1.94. The molecule has 4 nitrogen and oxygen atoms in total. The van der Waals surface area contributed by atoms with E-state index in [-0.39, 0.29) is 12.0 Å². The number of amides is 1. The summed E-state index contributed by atoms with van der Waals surface area (Å²) >= 11 is 5.20. The maximum atomic E-state index is 12.4. The van der Waals surface area contributed by atoms with Crippen molar-refractivity contribution >= 4 is 23.2 Å². The van der Waals surface area contributed by atoms with Gasteiger partial charge in [0.15, 0.2) is 5.11 Å². The number of rotatable bonds is 5. The van der Waals surface area contributed by atoms with Crippen LogP contribution in [0.25, 0.3) is 0 Å². The summed E-state index contributed by atoms with van der Waals surface area (Å²) in [6.07, 6.45) is -0.00874. The summed E-state index contributed by atoms with van der Waals surface area (Å²) in [4.78, 5) is 12.4. The highest BCUT2D eigenvalue weighted by atomic mass is 32.1. The highest BCUT2D eigenvalue weighted by molar-refractivity contribution is 7.80. The zero-order chi connectivity index (χ0) is 17.5. The largest absolute Gasteiger partial charge is 0.490 e. The van der Waals surface area contributed by atoms with Crippen LogP contribution in [0.4, 0.5) is 0 Å². The summed E-state index contributed by atoms with van der Waals surface area (Å²) in [6.45, 7) is 6.44. The predicted octanol–water partition coefficient (Wildman–Crippen LogP) is 3.59. The van der Waals surface area contributed by atoms with Gasteiger partial charge in [-0.1, -0.05) is 42.0 Å². The molecule has 1 amide bonds. The van der Waals surface area contributed by atoms with Gasteiger partial charge in [-0.25, -0.2) is 0 Å². The van der Waals surface area contributed by atoms with Crippen LogP contribution >= 0.6 is 12.2 Å². The summed E-state index contributed by atoms with van der Waals surface area (Å²) in [5.74, 6) is 0.263. The van der Waals surface area contributed by atoms with Crippen molar-refractivity contribution in [2.75, 3.05) is 0 Å². The van der Waals surface area contributed by atoms with E-state index in [1.807, 2.05) is 51.1 Å². The molecule has 0 unspecified atom stereocenters. The second-order valence-corrected chi connectivity index (χ2v) is 6.19. The van der Waals surface area contributed by atoms with E-state index in [1.54, 1.807) is 18.2 Å². The Bertz CT molecular complexity index is 712.